The highest BCUT2D eigenvalue weighted by atomic mass is 35.5. The van der Waals surface area contributed by atoms with E-state index in [1.54, 1.807) is 36.4 Å². The van der Waals surface area contributed by atoms with Crippen molar-refractivity contribution in [2.45, 2.75) is 12.6 Å². The van der Waals surface area contributed by atoms with Gasteiger partial charge in [0.1, 0.15) is 0 Å². The third kappa shape index (κ3) is 5.08. The van der Waals surface area contributed by atoms with Crippen LogP contribution in [0.15, 0.2) is 66.7 Å². The number of aromatic nitrogens is 1. The summed E-state index contributed by atoms with van der Waals surface area (Å²) >= 11 is 24.8. The molecule has 1 atom stereocenters. The highest BCUT2D eigenvalue weighted by Gasteiger charge is 2.22. The van der Waals surface area contributed by atoms with Crippen LogP contribution in [0.25, 0.3) is 27.0 Å². The summed E-state index contributed by atoms with van der Waals surface area (Å²) in [5, 5.41) is 5.11. The number of rotatable bonds is 5. The number of fused-ring (bicyclic) bond motifs is 1. The highest BCUT2D eigenvalue weighted by Crippen LogP contribution is 2.34. The standard InChI is InChI=1S/C25H15Cl4N3O/c1-30-22(32-25(33)24-18(28)6-3-7-19(24)29)13-14-8-10-20-15(12-14)9-11-21(31-20)23-16(26)4-2-5-17(23)27/h2-12,22H,13H2,(H,32,33). The van der Waals surface area contributed by atoms with Gasteiger partial charge in [-0.2, -0.15) is 0 Å². The van der Waals surface area contributed by atoms with E-state index in [1.807, 2.05) is 30.3 Å². The summed E-state index contributed by atoms with van der Waals surface area (Å²) in [4.78, 5) is 20.9. The van der Waals surface area contributed by atoms with Gasteiger partial charge in [0.15, 0.2) is 0 Å². The van der Waals surface area contributed by atoms with Gasteiger partial charge in [-0.25, -0.2) is 11.6 Å². The molecule has 1 N–H and O–H groups in total. The molecular formula is C25H15Cl4N3O. The van der Waals surface area contributed by atoms with E-state index in [2.05, 4.69) is 15.1 Å². The van der Waals surface area contributed by atoms with Crippen LogP contribution < -0.4 is 5.32 Å². The summed E-state index contributed by atoms with van der Waals surface area (Å²) in [6.45, 7) is 7.51. The van der Waals surface area contributed by atoms with Crippen molar-refractivity contribution in [1.29, 1.82) is 0 Å². The summed E-state index contributed by atoms with van der Waals surface area (Å²) in [5.41, 5.74) is 3.15. The van der Waals surface area contributed by atoms with Gasteiger partial charge >= 0.3 is 6.17 Å². The first-order valence-electron chi connectivity index (χ1n) is 9.83. The number of carbonyl (C=O) groups is 1. The molecule has 1 aromatic heterocycles. The number of halogens is 4. The molecular weight excluding hydrogens is 500 g/mol. The molecule has 4 nitrogen and oxygen atoms in total. The number of amides is 1. The van der Waals surface area contributed by atoms with Crippen LogP contribution in [0.5, 0.6) is 0 Å². The van der Waals surface area contributed by atoms with Crippen molar-refractivity contribution in [3.63, 3.8) is 0 Å². The lowest BCUT2D eigenvalue weighted by atomic mass is 10.0. The topological polar surface area (TPSA) is 46.4 Å². The summed E-state index contributed by atoms with van der Waals surface area (Å²) in [6, 6.07) is 19.6. The van der Waals surface area contributed by atoms with Crippen molar-refractivity contribution in [1.82, 2.24) is 10.3 Å². The molecule has 0 aliphatic rings. The molecule has 4 rings (SSSR count). The van der Waals surface area contributed by atoms with E-state index < -0.39 is 12.1 Å². The number of benzene rings is 3. The Morgan fingerprint density at radius 3 is 2.18 bits per heavy atom. The van der Waals surface area contributed by atoms with Crippen molar-refractivity contribution in [2.24, 2.45) is 0 Å². The molecule has 1 amide bonds. The number of hydrogen-bond donors (Lipinski definition) is 1. The number of hydrogen-bond acceptors (Lipinski definition) is 2. The first kappa shape index (κ1) is 23.4. The first-order valence-corrected chi connectivity index (χ1v) is 11.3. The minimum Gasteiger partial charge on any atom is -0.289 e. The lowest BCUT2D eigenvalue weighted by molar-refractivity contribution is 0.0944. The van der Waals surface area contributed by atoms with Gasteiger partial charge in [0.05, 0.1) is 43.3 Å². The Hall–Kier alpha value is -2.81. The van der Waals surface area contributed by atoms with E-state index in [-0.39, 0.29) is 15.6 Å². The molecule has 1 heterocycles. The summed E-state index contributed by atoms with van der Waals surface area (Å²) in [7, 11) is 0. The minimum atomic E-state index is -0.781. The maximum absolute atomic E-state index is 12.6. The molecule has 0 spiro atoms. The van der Waals surface area contributed by atoms with Gasteiger partial charge in [0, 0.05) is 10.9 Å². The van der Waals surface area contributed by atoms with E-state index in [0.29, 0.717) is 27.7 Å². The zero-order valence-corrected chi connectivity index (χ0v) is 20.0. The molecule has 0 fully saturated rings. The third-order valence-electron chi connectivity index (χ3n) is 5.04. The van der Waals surface area contributed by atoms with E-state index in [1.165, 1.54) is 0 Å². The van der Waals surface area contributed by atoms with Gasteiger partial charge in [0.25, 0.3) is 5.91 Å². The number of carbonyl (C=O) groups excluding carboxylic acids is 1. The Morgan fingerprint density at radius 1 is 0.909 bits per heavy atom. The fourth-order valence-corrected chi connectivity index (χ4v) is 4.63. The maximum Gasteiger partial charge on any atom is 0.302 e. The van der Waals surface area contributed by atoms with Crippen molar-refractivity contribution < 1.29 is 4.79 Å². The third-order valence-corrected chi connectivity index (χ3v) is 6.30. The summed E-state index contributed by atoms with van der Waals surface area (Å²) in [5.74, 6) is -0.490. The molecule has 164 valence electrons. The van der Waals surface area contributed by atoms with E-state index in [9.17, 15) is 4.79 Å². The summed E-state index contributed by atoms with van der Waals surface area (Å²) in [6.07, 6.45) is -0.470. The van der Waals surface area contributed by atoms with Crippen LogP contribution in [0.1, 0.15) is 15.9 Å². The van der Waals surface area contributed by atoms with Crippen LogP contribution in [0, 0.1) is 6.57 Å². The Kier molecular flexibility index (Phi) is 7.07. The van der Waals surface area contributed by atoms with Crippen molar-refractivity contribution >= 4 is 63.2 Å². The average Bonchev–Trinajstić information content (AvgIpc) is 2.78. The molecule has 8 heteroatoms. The molecule has 0 aliphatic carbocycles. The second kappa shape index (κ2) is 9.99. The van der Waals surface area contributed by atoms with Gasteiger partial charge < -0.3 is 0 Å². The predicted octanol–water partition coefficient (Wildman–Crippen LogP) is 7.73. The Morgan fingerprint density at radius 2 is 1.55 bits per heavy atom. The molecule has 3 aromatic carbocycles. The average molecular weight is 515 g/mol. The molecule has 1 unspecified atom stereocenters. The Bertz CT molecular complexity index is 1370. The minimum absolute atomic E-state index is 0.156. The van der Waals surface area contributed by atoms with Gasteiger partial charge in [-0.05, 0) is 48.0 Å². The highest BCUT2D eigenvalue weighted by molar-refractivity contribution is 6.40. The largest absolute Gasteiger partial charge is 0.302 e. The predicted molar refractivity (Wildman–Crippen MR) is 135 cm³/mol. The molecule has 0 saturated carbocycles. The zero-order chi connectivity index (χ0) is 23.5. The molecule has 0 aliphatic heterocycles. The normalized spacial score (nSPS) is 11.7. The van der Waals surface area contributed by atoms with Crippen LogP contribution in [-0.4, -0.2) is 17.1 Å². The Balaban J connectivity index is 1.56. The van der Waals surface area contributed by atoms with Crippen LogP contribution in [0.4, 0.5) is 0 Å². The second-order valence-corrected chi connectivity index (χ2v) is 8.87. The quantitative estimate of drug-likeness (QED) is 0.277. The van der Waals surface area contributed by atoms with Gasteiger partial charge in [-0.15, -0.1) is 0 Å². The number of nitrogens with zero attached hydrogens (tertiary/aromatic N) is 2. The molecule has 4 aromatic rings. The number of nitrogens with one attached hydrogen (secondary N) is 1. The van der Waals surface area contributed by atoms with E-state index >= 15 is 0 Å². The maximum atomic E-state index is 12.6. The molecule has 0 saturated heterocycles. The van der Waals surface area contributed by atoms with Crippen molar-refractivity contribution in [2.75, 3.05) is 0 Å². The smallest absolute Gasteiger partial charge is 0.289 e. The SMILES string of the molecule is [C-]#[N+]C(Cc1ccc2nc(-c3c(Cl)cccc3Cl)ccc2c1)NC(=O)c1c(Cl)cccc1Cl. The van der Waals surface area contributed by atoms with Crippen molar-refractivity contribution in [3.05, 3.63) is 109 Å². The van der Waals surface area contributed by atoms with Gasteiger partial charge in [0.2, 0.25) is 0 Å². The molecule has 0 radical (unpaired) electrons. The fraction of sp³-hybridized carbons (Fsp3) is 0.0800. The lowest BCUT2D eigenvalue weighted by Gasteiger charge is -2.11. The lowest BCUT2D eigenvalue weighted by Crippen LogP contribution is -2.34. The van der Waals surface area contributed by atoms with Gasteiger partial charge in [-0.1, -0.05) is 70.7 Å². The number of pyridine rings is 1. The zero-order valence-electron chi connectivity index (χ0n) is 16.9. The molecule has 33 heavy (non-hydrogen) atoms. The van der Waals surface area contributed by atoms with E-state index in [4.69, 9.17) is 53.0 Å². The second-order valence-electron chi connectivity index (χ2n) is 7.24. The van der Waals surface area contributed by atoms with Crippen LogP contribution in [0.3, 0.4) is 0 Å². The van der Waals surface area contributed by atoms with Crippen LogP contribution in [0.2, 0.25) is 20.1 Å². The Labute approximate surface area is 210 Å². The fourth-order valence-electron chi connectivity index (χ4n) is 3.47. The van der Waals surface area contributed by atoms with Gasteiger partial charge in [-0.3, -0.25) is 15.0 Å². The van der Waals surface area contributed by atoms with Crippen LogP contribution in [-0.2, 0) is 6.42 Å². The van der Waals surface area contributed by atoms with E-state index in [0.717, 1.165) is 16.5 Å². The monoisotopic (exact) mass is 513 g/mol. The van der Waals surface area contributed by atoms with Crippen molar-refractivity contribution in [3.8, 4) is 11.3 Å². The summed E-state index contributed by atoms with van der Waals surface area (Å²) < 4.78 is 0. The van der Waals surface area contributed by atoms with Crippen LogP contribution >= 0.6 is 46.4 Å². The first-order chi connectivity index (χ1) is 15.9. The molecule has 0 bridgehead atoms.